The van der Waals surface area contributed by atoms with Crippen LogP contribution in [0.4, 0.5) is 0 Å². The fourth-order valence-electron chi connectivity index (χ4n) is 6.35. The molecule has 0 saturated heterocycles. The molecule has 7 rings (SSSR count). The van der Waals surface area contributed by atoms with Crippen LogP contribution in [0.25, 0.3) is 55.8 Å². The summed E-state index contributed by atoms with van der Waals surface area (Å²) in [6.45, 7) is 17.6. The van der Waals surface area contributed by atoms with E-state index in [-0.39, 0.29) is 20.1 Å². The summed E-state index contributed by atoms with van der Waals surface area (Å²) in [5.41, 5.74) is 13.8. The smallest absolute Gasteiger partial charge is 0.216 e. The average molecular weight is 836 g/mol. The molecule has 257 valence electrons. The van der Waals surface area contributed by atoms with Gasteiger partial charge >= 0.3 is 0 Å². The van der Waals surface area contributed by atoms with Crippen LogP contribution in [0.15, 0.2) is 102 Å². The van der Waals surface area contributed by atoms with Gasteiger partial charge in [-0.3, -0.25) is 0 Å². The average Bonchev–Trinajstić information content (AvgIpc) is 3.48. The number of aryl methyl sites for hydroxylation is 2. The summed E-state index contributed by atoms with van der Waals surface area (Å²) in [5.74, 6) is 1.40. The Morgan fingerprint density at radius 3 is 2.02 bits per heavy atom. The standard InChI is InChI=1S/C33H35N2O.C12H10N.Ir/c1-19(2)16-23-18-34-30(17-22(23)7)28-13-9-12-26-27-14-15-29(35-33(27)36-32(26)28)31-24(20(3)4)10-8-11-25(31)21(5)6;1-10-7-8-12(13-9-10)11-5-3-2-4-6-11;/h8-12,14-15,17-21H,16H2,1-7H3;2-5,7-9H,1H3;/q2*-1;. The molecule has 0 aliphatic carbocycles. The minimum atomic E-state index is 0. The topological polar surface area (TPSA) is 51.8 Å². The molecular formula is C45H45IrN3O-2. The second-order valence-electron chi connectivity index (χ2n) is 14.0. The third-order valence-corrected chi connectivity index (χ3v) is 8.93. The van der Waals surface area contributed by atoms with Gasteiger partial charge < -0.3 is 14.4 Å². The summed E-state index contributed by atoms with van der Waals surface area (Å²) in [6.07, 6.45) is 4.91. The van der Waals surface area contributed by atoms with Crippen LogP contribution in [0, 0.1) is 31.9 Å². The minimum absolute atomic E-state index is 0. The third kappa shape index (κ3) is 7.96. The number of furan rings is 1. The van der Waals surface area contributed by atoms with Gasteiger partial charge in [0.1, 0.15) is 0 Å². The summed E-state index contributed by atoms with van der Waals surface area (Å²) in [7, 11) is 0. The van der Waals surface area contributed by atoms with Crippen LogP contribution < -0.4 is 0 Å². The summed E-state index contributed by atoms with van der Waals surface area (Å²) >= 11 is 0. The minimum Gasteiger partial charge on any atom is -0.486 e. The van der Waals surface area contributed by atoms with Crippen molar-refractivity contribution in [1.29, 1.82) is 0 Å². The van der Waals surface area contributed by atoms with Gasteiger partial charge in [-0.15, -0.1) is 54.1 Å². The van der Waals surface area contributed by atoms with Crippen molar-refractivity contribution >= 4 is 22.1 Å². The predicted octanol–water partition coefficient (Wildman–Crippen LogP) is 12.1. The van der Waals surface area contributed by atoms with Crippen molar-refractivity contribution in [3.05, 3.63) is 137 Å². The molecule has 0 atom stereocenters. The van der Waals surface area contributed by atoms with Gasteiger partial charge in [0, 0.05) is 43.4 Å². The van der Waals surface area contributed by atoms with Gasteiger partial charge in [0.25, 0.3) is 0 Å². The molecule has 0 N–H and O–H groups in total. The summed E-state index contributed by atoms with van der Waals surface area (Å²) in [5, 5.41) is 2.06. The zero-order valence-electron chi connectivity index (χ0n) is 30.3. The van der Waals surface area contributed by atoms with Crippen LogP contribution in [-0.2, 0) is 26.5 Å². The fourth-order valence-corrected chi connectivity index (χ4v) is 6.35. The summed E-state index contributed by atoms with van der Waals surface area (Å²) < 4.78 is 6.45. The molecule has 0 saturated carbocycles. The number of benzene rings is 3. The van der Waals surface area contributed by atoms with Gasteiger partial charge in [0.2, 0.25) is 5.71 Å². The summed E-state index contributed by atoms with van der Waals surface area (Å²) in [4.78, 5) is 14.2. The van der Waals surface area contributed by atoms with Crippen molar-refractivity contribution < 1.29 is 24.5 Å². The van der Waals surface area contributed by atoms with Gasteiger partial charge in [0.05, 0.1) is 11.3 Å². The Balaban J connectivity index is 0.000000291. The Morgan fingerprint density at radius 1 is 0.680 bits per heavy atom. The van der Waals surface area contributed by atoms with Crippen molar-refractivity contribution in [1.82, 2.24) is 15.0 Å². The van der Waals surface area contributed by atoms with Crippen LogP contribution >= 0.6 is 0 Å². The zero-order chi connectivity index (χ0) is 34.7. The third-order valence-electron chi connectivity index (χ3n) is 8.93. The molecular weight excluding hydrogens is 791 g/mol. The molecule has 1 radical (unpaired) electrons. The molecule has 4 aromatic heterocycles. The molecule has 4 heterocycles. The van der Waals surface area contributed by atoms with Crippen molar-refractivity contribution in [3.8, 4) is 33.8 Å². The van der Waals surface area contributed by atoms with Crippen LogP contribution in [0.1, 0.15) is 81.2 Å². The first-order chi connectivity index (χ1) is 23.6. The van der Waals surface area contributed by atoms with E-state index in [9.17, 15) is 0 Å². The van der Waals surface area contributed by atoms with Gasteiger partial charge in [-0.1, -0.05) is 94.5 Å². The number of aromatic nitrogens is 3. The molecule has 50 heavy (non-hydrogen) atoms. The number of fused-ring (bicyclic) bond motifs is 3. The van der Waals surface area contributed by atoms with E-state index < -0.39 is 0 Å². The second kappa shape index (κ2) is 16.1. The first-order valence-electron chi connectivity index (χ1n) is 17.3. The van der Waals surface area contributed by atoms with Crippen LogP contribution in [0.3, 0.4) is 0 Å². The predicted molar refractivity (Wildman–Crippen MR) is 204 cm³/mol. The Kier molecular flexibility index (Phi) is 11.8. The molecule has 0 bridgehead atoms. The first-order valence-corrected chi connectivity index (χ1v) is 17.3. The van der Waals surface area contributed by atoms with Crippen molar-refractivity contribution in [2.45, 2.75) is 73.6 Å². The van der Waals surface area contributed by atoms with E-state index >= 15 is 0 Å². The number of hydrogen-bond acceptors (Lipinski definition) is 4. The van der Waals surface area contributed by atoms with Crippen molar-refractivity contribution in [3.63, 3.8) is 0 Å². The molecule has 3 aromatic carbocycles. The maximum atomic E-state index is 6.45. The molecule has 0 amide bonds. The van der Waals surface area contributed by atoms with E-state index in [1.54, 1.807) is 0 Å². The van der Waals surface area contributed by atoms with E-state index in [1.807, 2.05) is 55.7 Å². The Labute approximate surface area is 310 Å². The van der Waals surface area contributed by atoms with E-state index in [0.29, 0.717) is 23.5 Å². The van der Waals surface area contributed by atoms with Crippen LogP contribution in [0.5, 0.6) is 0 Å². The SMILES string of the molecule is Cc1cc(-c2[c-]ccc3c2oc2nc(-c4c(C(C)C)cccc4C(C)C)ccc23)ncc1CC(C)C.Cc1ccc(-c2[c-]cccc2)nc1.[Ir]. The molecule has 0 aliphatic heterocycles. The van der Waals surface area contributed by atoms with Crippen LogP contribution in [0.2, 0.25) is 0 Å². The maximum Gasteiger partial charge on any atom is 0.216 e. The molecule has 5 heteroatoms. The number of hydrogen-bond donors (Lipinski definition) is 0. The van der Waals surface area contributed by atoms with E-state index in [2.05, 4.69) is 114 Å². The van der Waals surface area contributed by atoms with Crippen molar-refractivity contribution in [2.24, 2.45) is 5.92 Å². The number of nitrogens with zero attached hydrogens (tertiary/aromatic N) is 3. The maximum absolute atomic E-state index is 6.45. The Morgan fingerprint density at radius 2 is 1.40 bits per heavy atom. The number of rotatable bonds is 7. The largest absolute Gasteiger partial charge is 0.486 e. The fraction of sp³-hybridized carbons (Fsp3) is 0.267. The van der Waals surface area contributed by atoms with Gasteiger partial charge in [-0.2, -0.15) is 0 Å². The summed E-state index contributed by atoms with van der Waals surface area (Å²) in [6, 6.07) is 35.5. The van der Waals surface area contributed by atoms with E-state index in [1.165, 1.54) is 33.4 Å². The number of pyridine rings is 3. The van der Waals surface area contributed by atoms with E-state index in [4.69, 9.17) is 14.4 Å². The Hall–Kier alpha value is -4.44. The molecule has 0 aliphatic rings. The zero-order valence-corrected chi connectivity index (χ0v) is 32.7. The first kappa shape index (κ1) is 36.8. The van der Waals surface area contributed by atoms with Gasteiger partial charge in [-0.05, 0) is 83.8 Å². The monoisotopic (exact) mass is 836 g/mol. The normalized spacial score (nSPS) is 11.3. The molecule has 7 aromatic rings. The second-order valence-corrected chi connectivity index (χ2v) is 14.0. The van der Waals surface area contributed by atoms with Crippen LogP contribution in [-0.4, -0.2) is 15.0 Å². The molecule has 4 nitrogen and oxygen atoms in total. The van der Waals surface area contributed by atoms with E-state index in [0.717, 1.165) is 51.0 Å². The quantitative estimate of drug-likeness (QED) is 0.150. The molecule has 0 unspecified atom stereocenters. The Bertz CT molecular complexity index is 2170. The van der Waals surface area contributed by atoms with Gasteiger partial charge in [-0.25, -0.2) is 4.98 Å². The molecule has 0 spiro atoms. The molecule has 0 fully saturated rings. The van der Waals surface area contributed by atoms with Gasteiger partial charge in [0.15, 0.2) is 0 Å². The van der Waals surface area contributed by atoms with Crippen molar-refractivity contribution in [2.75, 3.05) is 0 Å².